The Balaban J connectivity index is 1.75. The first-order chi connectivity index (χ1) is 13.0. The van der Waals surface area contributed by atoms with Crippen molar-refractivity contribution in [2.75, 3.05) is 0 Å². The first kappa shape index (κ1) is 18.3. The molecule has 4 atom stereocenters. The van der Waals surface area contributed by atoms with Crippen molar-refractivity contribution in [1.82, 2.24) is 4.90 Å². The molecule has 2 aliphatic rings. The van der Waals surface area contributed by atoms with Crippen LogP contribution < -0.4 is 0 Å². The van der Waals surface area contributed by atoms with Crippen molar-refractivity contribution in [3.63, 3.8) is 0 Å². The number of hydrogen-bond donors (Lipinski definition) is 0. The number of benzene rings is 2. The molecule has 0 aromatic heterocycles. The van der Waals surface area contributed by atoms with Gasteiger partial charge in [0.15, 0.2) is 0 Å². The normalized spacial score (nSPS) is 27.1. The van der Waals surface area contributed by atoms with Gasteiger partial charge >= 0.3 is 0 Å². The Morgan fingerprint density at radius 1 is 1.07 bits per heavy atom. The maximum absolute atomic E-state index is 13.4. The molecule has 1 heterocycles. The number of allylic oxidation sites excluding steroid dienone is 1. The van der Waals surface area contributed by atoms with Crippen LogP contribution in [0.2, 0.25) is 5.02 Å². The van der Waals surface area contributed by atoms with Crippen molar-refractivity contribution in [3.8, 4) is 0 Å². The van der Waals surface area contributed by atoms with Gasteiger partial charge in [-0.1, -0.05) is 61.0 Å². The lowest BCUT2D eigenvalue weighted by Crippen LogP contribution is -2.30. The molecule has 4 rings (SSSR count). The molecule has 140 valence electrons. The predicted octanol–water partition coefficient (Wildman–Crippen LogP) is 5.87. The Morgan fingerprint density at radius 2 is 1.81 bits per heavy atom. The number of carbonyl (C=O) groups excluding carboxylic acids is 1. The third-order valence-electron chi connectivity index (χ3n) is 6.30. The van der Waals surface area contributed by atoms with Crippen LogP contribution in [0.4, 0.5) is 0 Å². The second-order valence-electron chi connectivity index (χ2n) is 8.13. The molecule has 0 saturated carbocycles. The summed E-state index contributed by atoms with van der Waals surface area (Å²) in [6, 6.07) is 14.6. The molecule has 27 heavy (non-hydrogen) atoms. The van der Waals surface area contributed by atoms with Gasteiger partial charge in [0.05, 0.1) is 6.04 Å². The average Bonchev–Trinajstić information content (AvgIpc) is 2.93. The molecule has 0 spiro atoms. The summed E-state index contributed by atoms with van der Waals surface area (Å²) in [5.74, 6) is 0.997. The van der Waals surface area contributed by atoms with E-state index in [2.05, 4.69) is 56.0 Å². The van der Waals surface area contributed by atoms with Gasteiger partial charge in [-0.15, -0.1) is 0 Å². The Morgan fingerprint density at radius 3 is 2.52 bits per heavy atom. The Labute approximate surface area is 166 Å². The second kappa shape index (κ2) is 7.16. The monoisotopic (exact) mass is 379 g/mol. The van der Waals surface area contributed by atoms with E-state index in [4.69, 9.17) is 11.6 Å². The van der Waals surface area contributed by atoms with Crippen LogP contribution in [0, 0.1) is 31.6 Å². The smallest absolute Gasteiger partial charge is 0.227 e. The van der Waals surface area contributed by atoms with Crippen LogP contribution in [0.5, 0.6) is 0 Å². The summed E-state index contributed by atoms with van der Waals surface area (Å²) < 4.78 is 0. The molecule has 3 heteroatoms. The van der Waals surface area contributed by atoms with Crippen LogP contribution in [0.1, 0.15) is 41.6 Å². The third kappa shape index (κ3) is 3.32. The molecule has 1 fully saturated rings. The van der Waals surface area contributed by atoms with Crippen molar-refractivity contribution in [1.29, 1.82) is 0 Å². The lowest BCUT2D eigenvalue weighted by atomic mass is 9.75. The Kier molecular flexibility index (Phi) is 4.86. The number of rotatable bonds is 3. The Bertz CT molecular complexity index is 886. The average molecular weight is 380 g/mol. The van der Waals surface area contributed by atoms with Crippen LogP contribution in [0.3, 0.4) is 0 Å². The van der Waals surface area contributed by atoms with E-state index in [-0.39, 0.29) is 23.8 Å². The van der Waals surface area contributed by atoms with Gasteiger partial charge in [0.2, 0.25) is 5.91 Å². The topological polar surface area (TPSA) is 20.3 Å². The summed E-state index contributed by atoms with van der Waals surface area (Å²) in [5, 5.41) is 0.724. The molecule has 1 aliphatic carbocycles. The molecule has 1 amide bonds. The van der Waals surface area contributed by atoms with E-state index in [1.807, 2.05) is 24.3 Å². The van der Waals surface area contributed by atoms with Gasteiger partial charge in [-0.3, -0.25) is 4.79 Å². The first-order valence-corrected chi connectivity index (χ1v) is 10.1. The first-order valence-electron chi connectivity index (χ1n) is 9.74. The fraction of sp³-hybridized carbons (Fsp3) is 0.375. The van der Waals surface area contributed by atoms with Gasteiger partial charge in [0.1, 0.15) is 0 Å². The SMILES string of the molecule is Cc1ccc([C@H]2[C@H]3C=CC[C@@H](C)[C@@H]3C(=O)N2Cc2ccc(Cl)cc2)cc1C. The molecule has 0 N–H and O–H groups in total. The van der Waals surface area contributed by atoms with Gasteiger partial charge in [-0.05, 0) is 60.6 Å². The fourth-order valence-corrected chi connectivity index (χ4v) is 4.78. The zero-order chi connectivity index (χ0) is 19.1. The summed E-state index contributed by atoms with van der Waals surface area (Å²) in [7, 11) is 0. The van der Waals surface area contributed by atoms with Gasteiger partial charge in [-0.25, -0.2) is 0 Å². The van der Waals surface area contributed by atoms with E-state index in [0.29, 0.717) is 12.5 Å². The molecule has 2 aromatic rings. The van der Waals surface area contributed by atoms with Crippen molar-refractivity contribution in [3.05, 3.63) is 81.9 Å². The summed E-state index contributed by atoms with van der Waals surface area (Å²) in [5.41, 5.74) is 4.93. The van der Waals surface area contributed by atoms with Gasteiger partial charge in [0, 0.05) is 23.4 Å². The summed E-state index contributed by atoms with van der Waals surface area (Å²) in [6.45, 7) is 7.12. The third-order valence-corrected chi connectivity index (χ3v) is 6.55. The van der Waals surface area contributed by atoms with Crippen LogP contribution in [-0.2, 0) is 11.3 Å². The molecule has 2 nitrogen and oxygen atoms in total. The van der Waals surface area contributed by atoms with Crippen molar-refractivity contribution in [2.24, 2.45) is 17.8 Å². The van der Waals surface area contributed by atoms with E-state index in [9.17, 15) is 4.79 Å². The summed E-state index contributed by atoms with van der Waals surface area (Å²) in [6.07, 6.45) is 5.53. The number of amides is 1. The Hall–Kier alpha value is -2.06. The minimum atomic E-state index is 0.0777. The number of nitrogens with zero attached hydrogens (tertiary/aromatic N) is 1. The lowest BCUT2D eigenvalue weighted by Gasteiger charge is -2.30. The number of hydrogen-bond acceptors (Lipinski definition) is 1. The van der Waals surface area contributed by atoms with Gasteiger partial charge in [-0.2, -0.15) is 0 Å². The number of carbonyl (C=O) groups is 1. The van der Waals surface area contributed by atoms with Crippen LogP contribution in [0.15, 0.2) is 54.6 Å². The maximum atomic E-state index is 13.4. The quantitative estimate of drug-likeness (QED) is 0.611. The molecule has 0 unspecified atom stereocenters. The molecule has 1 saturated heterocycles. The zero-order valence-electron chi connectivity index (χ0n) is 16.2. The van der Waals surface area contributed by atoms with E-state index < -0.39 is 0 Å². The highest BCUT2D eigenvalue weighted by molar-refractivity contribution is 6.30. The molecular formula is C24H26ClNO. The lowest BCUT2D eigenvalue weighted by molar-refractivity contribution is -0.134. The molecule has 0 radical (unpaired) electrons. The number of likely N-dealkylation sites (tertiary alicyclic amines) is 1. The largest absolute Gasteiger partial charge is 0.330 e. The van der Waals surface area contributed by atoms with Crippen molar-refractivity contribution < 1.29 is 4.79 Å². The number of aryl methyl sites for hydroxylation is 2. The van der Waals surface area contributed by atoms with Crippen molar-refractivity contribution >= 4 is 17.5 Å². The minimum absolute atomic E-state index is 0.0777. The van der Waals surface area contributed by atoms with Crippen LogP contribution >= 0.6 is 11.6 Å². The molecule has 2 aromatic carbocycles. The summed E-state index contributed by atoms with van der Waals surface area (Å²) >= 11 is 6.04. The van der Waals surface area contributed by atoms with Gasteiger partial charge in [0.25, 0.3) is 0 Å². The molecule has 1 aliphatic heterocycles. The number of fused-ring (bicyclic) bond motifs is 1. The van der Waals surface area contributed by atoms with E-state index in [1.54, 1.807) is 0 Å². The minimum Gasteiger partial charge on any atom is -0.330 e. The summed E-state index contributed by atoms with van der Waals surface area (Å²) in [4.78, 5) is 15.5. The zero-order valence-corrected chi connectivity index (χ0v) is 16.9. The number of halogens is 1. The molecule has 0 bridgehead atoms. The fourth-order valence-electron chi connectivity index (χ4n) is 4.66. The highest BCUT2D eigenvalue weighted by Gasteiger charge is 2.50. The van der Waals surface area contributed by atoms with Gasteiger partial charge < -0.3 is 4.90 Å². The van der Waals surface area contributed by atoms with E-state index in [0.717, 1.165) is 17.0 Å². The standard InChI is InChI=1S/C24H26ClNO/c1-15-7-10-19(13-17(15)3)23-21-6-4-5-16(2)22(21)24(27)26(23)14-18-8-11-20(25)12-9-18/h4,6-13,16,21-23H,5,14H2,1-3H3/t16-,21+,22+,23+/m1/s1. The predicted molar refractivity (Wildman–Crippen MR) is 111 cm³/mol. The van der Waals surface area contributed by atoms with E-state index >= 15 is 0 Å². The van der Waals surface area contributed by atoms with Crippen LogP contribution in [0.25, 0.3) is 0 Å². The molecular weight excluding hydrogens is 354 g/mol. The van der Waals surface area contributed by atoms with E-state index in [1.165, 1.54) is 16.7 Å². The van der Waals surface area contributed by atoms with Crippen LogP contribution in [-0.4, -0.2) is 10.8 Å². The second-order valence-corrected chi connectivity index (χ2v) is 8.56. The maximum Gasteiger partial charge on any atom is 0.227 e. The highest BCUT2D eigenvalue weighted by atomic mass is 35.5. The van der Waals surface area contributed by atoms with Crippen molar-refractivity contribution in [2.45, 2.75) is 39.8 Å². The highest BCUT2D eigenvalue weighted by Crippen LogP contribution is 2.49.